The summed E-state index contributed by atoms with van der Waals surface area (Å²) in [6.45, 7) is 4.54. The van der Waals surface area contributed by atoms with Crippen molar-refractivity contribution in [2.45, 2.75) is 6.42 Å². The van der Waals surface area contributed by atoms with Gasteiger partial charge in [0.15, 0.2) is 0 Å². The molecule has 0 spiro atoms. The normalized spacial score (nSPS) is 11.0. The van der Waals surface area contributed by atoms with Crippen molar-refractivity contribution >= 4 is 5.71 Å². The highest BCUT2D eigenvalue weighted by Gasteiger charge is 1.90. The molecule has 0 heterocycles. The Morgan fingerprint density at radius 1 is 1.64 bits per heavy atom. The summed E-state index contributed by atoms with van der Waals surface area (Å²) in [6, 6.07) is 1.95. The van der Waals surface area contributed by atoms with Crippen LogP contribution in [0, 0.1) is 11.3 Å². The minimum atomic E-state index is 0.352. The molecule has 0 rings (SSSR count). The molecule has 14 heavy (non-hydrogen) atoms. The maximum Gasteiger partial charge on any atom is 0.138 e. The van der Waals surface area contributed by atoms with E-state index in [4.69, 9.17) is 10.00 Å². The topological polar surface area (TPSA) is 54.6 Å². The van der Waals surface area contributed by atoms with E-state index in [1.54, 1.807) is 0 Å². The third-order valence-electron chi connectivity index (χ3n) is 1.30. The molecular weight excluding hydrogens is 180 g/mol. The van der Waals surface area contributed by atoms with Crippen molar-refractivity contribution in [1.82, 2.24) is 0 Å². The Kier molecular flexibility index (Phi) is 8.16. The molecule has 0 saturated heterocycles. The van der Waals surface area contributed by atoms with Crippen LogP contribution in [0.4, 0.5) is 0 Å². The van der Waals surface area contributed by atoms with Gasteiger partial charge in [0.05, 0.1) is 26.2 Å². The molecule has 0 bridgehead atoms. The van der Waals surface area contributed by atoms with Gasteiger partial charge in [-0.15, -0.1) is 0 Å². The minimum Gasteiger partial charge on any atom is -0.504 e. The summed E-state index contributed by atoms with van der Waals surface area (Å²) in [5.74, 6) is 0. The zero-order valence-corrected chi connectivity index (χ0v) is 8.27. The van der Waals surface area contributed by atoms with E-state index in [2.05, 4.69) is 16.3 Å². The lowest BCUT2D eigenvalue weighted by molar-refractivity contribution is 0.248. The molecule has 0 unspecified atom stereocenters. The number of rotatable bonds is 7. The van der Waals surface area contributed by atoms with Crippen LogP contribution in [0.1, 0.15) is 6.42 Å². The van der Waals surface area contributed by atoms with Crippen molar-refractivity contribution in [1.29, 1.82) is 5.26 Å². The van der Waals surface area contributed by atoms with Crippen LogP contribution in [0.2, 0.25) is 0 Å². The first-order valence-corrected chi connectivity index (χ1v) is 4.21. The van der Waals surface area contributed by atoms with E-state index < -0.39 is 0 Å². The first-order valence-electron chi connectivity index (χ1n) is 4.21. The fourth-order valence-electron chi connectivity index (χ4n) is 0.689. The first-order chi connectivity index (χ1) is 6.85. The van der Waals surface area contributed by atoms with E-state index >= 15 is 0 Å². The predicted molar refractivity (Wildman–Crippen MR) is 54.8 cm³/mol. The van der Waals surface area contributed by atoms with E-state index in [9.17, 15) is 0 Å². The summed E-state index contributed by atoms with van der Waals surface area (Å²) in [5.41, 5.74) is 0.352. The Labute approximate surface area is 84.2 Å². The maximum absolute atomic E-state index is 8.62. The molecule has 4 heteroatoms. The van der Waals surface area contributed by atoms with Gasteiger partial charge in [0.2, 0.25) is 0 Å². The number of methoxy groups -OCH3 is 1. The van der Waals surface area contributed by atoms with Crippen LogP contribution in [-0.2, 0) is 9.47 Å². The number of nitrogens with zero attached hydrogens (tertiary/aromatic N) is 2. The molecule has 0 aromatic carbocycles. The zero-order chi connectivity index (χ0) is 10.6. The van der Waals surface area contributed by atoms with Gasteiger partial charge in [-0.3, -0.25) is 4.99 Å². The Bertz CT molecular complexity index is 251. The molecule has 4 nitrogen and oxygen atoms in total. The summed E-state index contributed by atoms with van der Waals surface area (Å²) in [5, 5.41) is 8.62. The van der Waals surface area contributed by atoms with Crippen LogP contribution in [0.5, 0.6) is 0 Å². The second kappa shape index (κ2) is 9.33. The zero-order valence-electron chi connectivity index (χ0n) is 8.27. The van der Waals surface area contributed by atoms with Gasteiger partial charge < -0.3 is 9.47 Å². The highest BCUT2D eigenvalue weighted by atomic mass is 16.5. The lowest BCUT2D eigenvalue weighted by Crippen LogP contribution is -1.95. The SMILES string of the molecule is C=COCCCN=C(C#N)/C=C/OC. The number of ether oxygens (including phenoxy) is 2. The second-order valence-corrected chi connectivity index (χ2v) is 2.31. The summed E-state index contributed by atoms with van der Waals surface area (Å²) >= 11 is 0. The van der Waals surface area contributed by atoms with Crippen molar-refractivity contribution < 1.29 is 9.47 Å². The number of allylic oxidation sites excluding steroid dienone is 1. The van der Waals surface area contributed by atoms with Crippen molar-refractivity contribution in [2.75, 3.05) is 20.3 Å². The second-order valence-electron chi connectivity index (χ2n) is 2.31. The van der Waals surface area contributed by atoms with E-state index in [-0.39, 0.29) is 0 Å². The van der Waals surface area contributed by atoms with Gasteiger partial charge in [-0.1, -0.05) is 6.58 Å². The van der Waals surface area contributed by atoms with E-state index in [1.807, 2.05) is 6.07 Å². The standard InChI is InChI=1S/C10H14N2O2/c1-3-14-7-4-6-12-10(9-11)5-8-13-2/h3,5,8H,1,4,6-7H2,2H3/b8-5+,12-10?. The van der Waals surface area contributed by atoms with E-state index in [0.29, 0.717) is 18.9 Å². The highest BCUT2D eigenvalue weighted by molar-refractivity contribution is 6.06. The molecule has 0 radical (unpaired) electrons. The van der Waals surface area contributed by atoms with Gasteiger partial charge in [-0.2, -0.15) is 5.26 Å². The van der Waals surface area contributed by atoms with Crippen molar-refractivity contribution in [2.24, 2.45) is 4.99 Å². The average Bonchev–Trinajstić information content (AvgIpc) is 2.22. The third-order valence-corrected chi connectivity index (χ3v) is 1.30. The molecule has 0 amide bonds. The largest absolute Gasteiger partial charge is 0.504 e. The van der Waals surface area contributed by atoms with E-state index in [0.717, 1.165) is 6.42 Å². The molecule has 76 valence electrons. The van der Waals surface area contributed by atoms with Crippen LogP contribution >= 0.6 is 0 Å². The van der Waals surface area contributed by atoms with Gasteiger partial charge in [0, 0.05) is 19.0 Å². The predicted octanol–water partition coefficient (Wildman–Crippen LogP) is 1.66. The number of hydrogen-bond donors (Lipinski definition) is 0. The lowest BCUT2D eigenvalue weighted by Gasteiger charge is -1.96. The monoisotopic (exact) mass is 194 g/mol. The number of hydrogen-bond acceptors (Lipinski definition) is 4. The Hall–Kier alpha value is -1.76. The molecule has 0 aliphatic rings. The molecule has 0 aromatic rings. The van der Waals surface area contributed by atoms with Crippen molar-refractivity contribution in [3.63, 3.8) is 0 Å². The average molecular weight is 194 g/mol. The van der Waals surface area contributed by atoms with Gasteiger partial charge in [0.25, 0.3) is 0 Å². The summed E-state index contributed by atoms with van der Waals surface area (Å²) < 4.78 is 9.57. The lowest BCUT2D eigenvalue weighted by atomic mass is 10.4. The first kappa shape index (κ1) is 12.2. The Morgan fingerprint density at radius 3 is 3.00 bits per heavy atom. The van der Waals surface area contributed by atoms with Gasteiger partial charge >= 0.3 is 0 Å². The quantitative estimate of drug-likeness (QED) is 0.352. The molecule has 0 aliphatic carbocycles. The smallest absolute Gasteiger partial charge is 0.138 e. The van der Waals surface area contributed by atoms with Gasteiger partial charge in [0.1, 0.15) is 11.8 Å². The number of nitriles is 1. The maximum atomic E-state index is 8.62. The number of aliphatic imine (C=N–C) groups is 1. The van der Waals surface area contributed by atoms with Gasteiger partial charge in [-0.05, 0) is 0 Å². The fraction of sp³-hybridized carbons (Fsp3) is 0.400. The molecule has 0 atom stereocenters. The Morgan fingerprint density at radius 2 is 2.43 bits per heavy atom. The van der Waals surface area contributed by atoms with Gasteiger partial charge in [-0.25, -0.2) is 0 Å². The van der Waals surface area contributed by atoms with Crippen molar-refractivity contribution in [3.05, 3.63) is 25.2 Å². The highest BCUT2D eigenvalue weighted by Crippen LogP contribution is 1.88. The fourth-order valence-corrected chi connectivity index (χ4v) is 0.689. The molecule has 0 aromatic heterocycles. The van der Waals surface area contributed by atoms with Crippen LogP contribution in [0.25, 0.3) is 0 Å². The molecule has 0 aliphatic heterocycles. The van der Waals surface area contributed by atoms with E-state index in [1.165, 1.54) is 25.7 Å². The molecule has 0 fully saturated rings. The van der Waals surface area contributed by atoms with Crippen LogP contribution in [-0.4, -0.2) is 26.0 Å². The summed E-state index contributed by atoms with van der Waals surface area (Å²) in [6.07, 6.45) is 5.09. The van der Waals surface area contributed by atoms with Crippen LogP contribution in [0.15, 0.2) is 30.2 Å². The third kappa shape index (κ3) is 6.92. The summed E-state index contributed by atoms with van der Waals surface area (Å²) in [7, 11) is 1.52. The molecule has 0 N–H and O–H groups in total. The summed E-state index contributed by atoms with van der Waals surface area (Å²) in [4.78, 5) is 4.03. The molecule has 0 saturated carbocycles. The van der Waals surface area contributed by atoms with Crippen LogP contribution in [0.3, 0.4) is 0 Å². The van der Waals surface area contributed by atoms with Crippen molar-refractivity contribution in [3.8, 4) is 6.07 Å². The van der Waals surface area contributed by atoms with Crippen LogP contribution < -0.4 is 0 Å². The minimum absolute atomic E-state index is 0.352. The Balaban J connectivity index is 3.77. The molecular formula is C10H14N2O2.